The average Bonchev–Trinajstić information content (AvgIpc) is 3.16. The molecule has 1 aromatic rings. The van der Waals surface area contributed by atoms with Gasteiger partial charge in [0.2, 0.25) is 0 Å². The highest BCUT2D eigenvalue weighted by Gasteiger charge is 2.29. The SMILES string of the molecule is CC(CNC1CCCc2sc(Br)cc21)N(C)C1CC1. The van der Waals surface area contributed by atoms with Crippen LogP contribution in [0.1, 0.15) is 49.1 Å². The van der Waals surface area contributed by atoms with Gasteiger partial charge in [0.15, 0.2) is 0 Å². The van der Waals surface area contributed by atoms with Gasteiger partial charge in [-0.05, 0) is 73.6 Å². The van der Waals surface area contributed by atoms with Crippen LogP contribution in [-0.4, -0.2) is 30.6 Å². The van der Waals surface area contributed by atoms with E-state index in [1.807, 2.05) is 11.3 Å². The molecule has 2 unspecified atom stereocenters. The number of aryl methyl sites for hydroxylation is 1. The van der Waals surface area contributed by atoms with Crippen molar-refractivity contribution in [1.82, 2.24) is 10.2 Å². The Morgan fingerprint density at radius 1 is 1.47 bits per heavy atom. The van der Waals surface area contributed by atoms with Crippen LogP contribution in [-0.2, 0) is 6.42 Å². The molecule has 1 fully saturated rings. The van der Waals surface area contributed by atoms with E-state index in [9.17, 15) is 0 Å². The summed E-state index contributed by atoms with van der Waals surface area (Å²) < 4.78 is 1.29. The lowest BCUT2D eigenvalue weighted by Gasteiger charge is -2.29. The molecule has 1 N–H and O–H groups in total. The highest BCUT2D eigenvalue weighted by Crippen LogP contribution is 2.38. The first-order valence-electron chi connectivity index (χ1n) is 7.38. The summed E-state index contributed by atoms with van der Waals surface area (Å²) in [5.74, 6) is 0. The van der Waals surface area contributed by atoms with Gasteiger partial charge >= 0.3 is 0 Å². The minimum absolute atomic E-state index is 0.571. The van der Waals surface area contributed by atoms with E-state index in [1.54, 1.807) is 10.4 Å². The molecule has 1 aromatic heterocycles. The number of halogens is 1. The van der Waals surface area contributed by atoms with E-state index in [-0.39, 0.29) is 0 Å². The first-order valence-corrected chi connectivity index (χ1v) is 8.99. The van der Waals surface area contributed by atoms with Gasteiger partial charge in [-0.3, -0.25) is 4.90 Å². The molecule has 0 spiro atoms. The summed E-state index contributed by atoms with van der Waals surface area (Å²) in [6.45, 7) is 3.45. The van der Waals surface area contributed by atoms with Crippen LogP contribution in [0.4, 0.5) is 0 Å². The topological polar surface area (TPSA) is 15.3 Å². The van der Waals surface area contributed by atoms with Crippen molar-refractivity contribution in [2.45, 2.75) is 57.2 Å². The van der Waals surface area contributed by atoms with E-state index in [0.717, 1.165) is 12.6 Å². The monoisotopic (exact) mass is 342 g/mol. The molecule has 0 saturated heterocycles. The Morgan fingerprint density at radius 2 is 2.26 bits per heavy atom. The predicted molar refractivity (Wildman–Crippen MR) is 85.9 cm³/mol. The zero-order valence-electron chi connectivity index (χ0n) is 11.8. The third-order valence-corrected chi connectivity index (χ3v) is 6.28. The summed E-state index contributed by atoms with van der Waals surface area (Å²) in [6, 6.07) is 4.39. The lowest BCUT2D eigenvalue weighted by atomic mass is 9.94. The number of hydrogen-bond donors (Lipinski definition) is 1. The second-order valence-electron chi connectivity index (χ2n) is 6.03. The molecule has 2 aliphatic rings. The van der Waals surface area contributed by atoms with E-state index in [0.29, 0.717) is 12.1 Å². The molecule has 2 aliphatic carbocycles. The largest absolute Gasteiger partial charge is 0.308 e. The normalized spacial score (nSPS) is 24.5. The fourth-order valence-corrected chi connectivity index (χ4v) is 4.85. The minimum atomic E-state index is 0.571. The number of nitrogens with one attached hydrogen (secondary N) is 1. The smallest absolute Gasteiger partial charge is 0.0704 e. The maximum atomic E-state index is 3.80. The lowest BCUT2D eigenvalue weighted by Crippen LogP contribution is -2.40. The van der Waals surface area contributed by atoms with Crippen LogP contribution < -0.4 is 5.32 Å². The highest BCUT2D eigenvalue weighted by atomic mass is 79.9. The summed E-state index contributed by atoms with van der Waals surface area (Å²) in [7, 11) is 2.28. The van der Waals surface area contributed by atoms with Crippen LogP contribution in [0, 0.1) is 0 Å². The molecule has 1 saturated carbocycles. The zero-order chi connectivity index (χ0) is 13.4. The number of thiophene rings is 1. The van der Waals surface area contributed by atoms with Crippen LogP contribution in [0.15, 0.2) is 9.85 Å². The van der Waals surface area contributed by atoms with Gasteiger partial charge in [-0.2, -0.15) is 0 Å². The Labute approximate surface area is 128 Å². The van der Waals surface area contributed by atoms with Gasteiger partial charge in [0.25, 0.3) is 0 Å². The van der Waals surface area contributed by atoms with Gasteiger partial charge in [0, 0.05) is 29.5 Å². The summed E-state index contributed by atoms with van der Waals surface area (Å²) >= 11 is 5.55. The van der Waals surface area contributed by atoms with Crippen molar-refractivity contribution in [3.8, 4) is 0 Å². The molecule has 2 nitrogen and oxygen atoms in total. The first kappa shape index (κ1) is 14.1. The second-order valence-corrected chi connectivity index (χ2v) is 8.54. The molecule has 0 aromatic carbocycles. The maximum Gasteiger partial charge on any atom is 0.0704 e. The summed E-state index contributed by atoms with van der Waals surface area (Å²) in [6.07, 6.45) is 6.67. The van der Waals surface area contributed by atoms with E-state index in [4.69, 9.17) is 0 Å². The van der Waals surface area contributed by atoms with Crippen LogP contribution >= 0.6 is 27.3 Å². The summed E-state index contributed by atoms with van der Waals surface area (Å²) in [4.78, 5) is 4.12. The predicted octanol–water partition coefficient (Wildman–Crippen LogP) is 3.96. The van der Waals surface area contributed by atoms with E-state index >= 15 is 0 Å². The van der Waals surface area contributed by atoms with Crippen LogP contribution in [0.5, 0.6) is 0 Å². The van der Waals surface area contributed by atoms with Gasteiger partial charge in [-0.15, -0.1) is 11.3 Å². The fourth-order valence-electron chi connectivity index (χ4n) is 3.03. The molecular formula is C15H23BrN2S. The highest BCUT2D eigenvalue weighted by molar-refractivity contribution is 9.11. The number of nitrogens with zero attached hydrogens (tertiary/aromatic N) is 1. The van der Waals surface area contributed by atoms with E-state index in [2.05, 4.69) is 46.2 Å². The van der Waals surface area contributed by atoms with Gasteiger partial charge in [-0.25, -0.2) is 0 Å². The zero-order valence-corrected chi connectivity index (χ0v) is 14.2. The standard InChI is InChI=1S/C15H23BrN2S/c1-10(18(2)11-6-7-11)9-17-13-4-3-5-14-12(13)8-15(16)19-14/h8,10-11,13,17H,3-7,9H2,1-2H3. The molecule has 0 amide bonds. The van der Waals surface area contributed by atoms with Crippen LogP contribution in [0.25, 0.3) is 0 Å². The van der Waals surface area contributed by atoms with Gasteiger partial charge in [-0.1, -0.05) is 0 Å². The molecule has 1 heterocycles. The van der Waals surface area contributed by atoms with Crippen LogP contribution in [0.2, 0.25) is 0 Å². The van der Waals surface area contributed by atoms with Gasteiger partial charge < -0.3 is 5.32 Å². The molecule has 4 heteroatoms. The molecular weight excluding hydrogens is 320 g/mol. The molecule has 0 aliphatic heterocycles. The quantitative estimate of drug-likeness (QED) is 0.871. The number of likely N-dealkylation sites (N-methyl/N-ethyl adjacent to an activating group) is 1. The summed E-state index contributed by atoms with van der Waals surface area (Å²) in [5, 5.41) is 3.80. The van der Waals surface area contributed by atoms with Crippen molar-refractivity contribution in [3.05, 3.63) is 20.3 Å². The third kappa shape index (κ3) is 3.23. The molecule has 19 heavy (non-hydrogen) atoms. The van der Waals surface area contributed by atoms with Gasteiger partial charge in [0.1, 0.15) is 0 Å². The molecule has 2 atom stereocenters. The molecule has 0 radical (unpaired) electrons. The van der Waals surface area contributed by atoms with Gasteiger partial charge in [0.05, 0.1) is 3.79 Å². The van der Waals surface area contributed by atoms with Crippen molar-refractivity contribution < 1.29 is 0 Å². The fraction of sp³-hybridized carbons (Fsp3) is 0.733. The second kappa shape index (κ2) is 5.84. The lowest BCUT2D eigenvalue weighted by molar-refractivity contribution is 0.233. The minimum Gasteiger partial charge on any atom is -0.308 e. The first-order chi connectivity index (χ1) is 9.15. The molecule has 106 valence electrons. The van der Waals surface area contributed by atoms with Crippen molar-refractivity contribution in [1.29, 1.82) is 0 Å². The maximum absolute atomic E-state index is 3.80. The Hall–Kier alpha value is 0.1000. The molecule has 3 rings (SSSR count). The van der Waals surface area contributed by atoms with Crippen molar-refractivity contribution in [2.75, 3.05) is 13.6 Å². The Kier molecular flexibility index (Phi) is 4.32. The third-order valence-electron chi connectivity index (χ3n) is 4.56. The Morgan fingerprint density at radius 3 is 3.00 bits per heavy atom. The van der Waals surface area contributed by atoms with Crippen LogP contribution in [0.3, 0.4) is 0 Å². The van der Waals surface area contributed by atoms with E-state index < -0.39 is 0 Å². The van der Waals surface area contributed by atoms with E-state index in [1.165, 1.54) is 35.9 Å². The number of fused-ring (bicyclic) bond motifs is 1. The Balaban J connectivity index is 1.58. The van der Waals surface area contributed by atoms with Crippen molar-refractivity contribution >= 4 is 27.3 Å². The average molecular weight is 343 g/mol. The number of hydrogen-bond acceptors (Lipinski definition) is 3. The summed E-state index contributed by atoms with van der Waals surface area (Å²) in [5.41, 5.74) is 1.55. The number of rotatable bonds is 5. The Bertz CT molecular complexity index is 441. The van der Waals surface area contributed by atoms with Crippen molar-refractivity contribution in [3.63, 3.8) is 0 Å². The molecule has 0 bridgehead atoms. The van der Waals surface area contributed by atoms with Crippen molar-refractivity contribution in [2.24, 2.45) is 0 Å².